The van der Waals surface area contributed by atoms with E-state index in [1.165, 1.54) is 36.1 Å². The Morgan fingerprint density at radius 2 is 2.00 bits per heavy atom. The summed E-state index contributed by atoms with van der Waals surface area (Å²) in [7, 11) is 3.61. The Bertz CT molecular complexity index is 538. The molecule has 5 nitrogen and oxygen atoms in total. The standard InChI is InChI=1S/C20H34N4O/c1-16-12-17(2)14-18(13-16)7-8-22-20(21-3)23-15-19-6-5-9-24(19)10-11-25-4/h12-14,19H,5-11,15H2,1-4H3,(H2,21,22,23). The average molecular weight is 347 g/mol. The molecule has 1 saturated heterocycles. The predicted molar refractivity (Wildman–Crippen MR) is 105 cm³/mol. The number of benzene rings is 1. The number of aliphatic imine (C=N–C) groups is 1. The Morgan fingerprint density at radius 3 is 2.68 bits per heavy atom. The van der Waals surface area contributed by atoms with Crippen molar-refractivity contribution in [3.05, 3.63) is 34.9 Å². The molecule has 1 unspecified atom stereocenters. The highest BCUT2D eigenvalue weighted by atomic mass is 16.5. The lowest BCUT2D eigenvalue weighted by molar-refractivity contribution is 0.141. The molecular weight excluding hydrogens is 312 g/mol. The van der Waals surface area contributed by atoms with Crippen molar-refractivity contribution in [2.24, 2.45) is 4.99 Å². The summed E-state index contributed by atoms with van der Waals surface area (Å²) >= 11 is 0. The largest absolute Gasteiger partial charge is 0.383 e. The van der Waals surface area contributed by atoms with Crippen LogP contribution < -0.4 is 10.6 Å². The number of likely N-dealkylation sites (tertiary alicyclic amines) is 1. The molecule has 1 aliphatic heterocycles. The van der Waals surface area contributed by atoms with Crippen molar-refractivity contribution in [3.63, 3.8) is 0 Å². The Balaban J connectivity index is 1.73. The Hall–Kier alpha value is -1.59. The number of methoxy groups -OCH3 is 1. The number of aryl methyl sites for hydroxylation is 2. The second-order valence-corrected chi connectivity index (χ2v) is 6.95. The fourth-order valence-electron chi connectivity index (χ4n) is 3.60. The van der Waals surface area contributed by atoms with Crippen molar-refractivity contribution >= 4 is 5.96 Å². The molecule has 1 fully saturated rings. The molecular formula is C20H34N4O. The van der Waals surface area contributed by atoms with Gasteiger partial charge in [0.1, 0.15) is 0 Å². The summed E-state index contributed by atoms with van der Waals surface area (Å²) in [5.74, 6) is 0.892. The summed E-state index contributed by atoms with van der Waals surface area (Å²) in [6, 6.07) is 7.32. The lowest BCUT2D eigenvalue weighted by Gasteiger charge is -2.25. The maximum Gasteiger partial charge on any atom is 0.191 e. The minimum atomic E-state index is 0.577. The predicted octanol–water partition coefficient (Wildman–Crippen LogP) is 2.12. The fourth-order valence-corrected chi connectivity index (χ4v) is 3.60. The van der Waals surface area contributed by atoms with Crippen LogP contribution in [0.15, 0.2) is 23.2 Å². The van der Waals surface area contributed by atoms with Crippen molar-refractivity contribution in [2.45, 2.75) is 39.2 Å². The van der Waals surface area contributed by atoms with E-state index in [0.717, 1.165) is 38.6 Å². The number of hydrogen-bond donors (Lipinski definition) is 2. The Labute approximate surface area is 152 Å². The zero-order valence-electron chi connectivity index (χ0n) is 16.3. The van der Waals surface area contributed by atoms with Crippen LogP contribution in [0.25, 0.3) is 0 Å². The third kappa shape index (κ3) is 6.67. The number of hydrogen-bond acceptors (Lipinski definition) is 3. The van der Waals surface area contributed by atoms with Gasteiger partial charge in [-0.25, -0.2) is 0 Å². The van der Waals surface area contributed by atoms with Gasteiger partial charge in [0.15, 0.2) is 5.96 Å². The van der Waals surface area contributed by atoms with Crippen LogP contribution in [0.2, 0.25) is 0 Å². The number of nitrogens with one attached hydrogen (secondary N) is 2. The van der Waals surface area contributed by atoms with Gasteiger partial charge < -0.3 is 15.4 Å². The minimum Gasteiger partial charge on any atom is -0.383 e. The van der Waals surface area contributed by atoms with Gasteiger partial charge in [-0.3, -0.25) is 9.89 Å². The average Bonchev–Trinajstić information content (AvgIpc) is 3.02. The first-order valence-corrected chi connectivity index (χ1v) is 9.37. The molecule has 0 amide bonds. The summed E-state index contributed by atoms with van der Waals surface area (Å²) in [4.78, 5) is 6.87. The first kappa shape index (κ1) is 19.7. The zero-order valence-corrected chi connectivity index (χ0v) is 16.3. The van der Waals surface area contributed by atoms with Gasteiger partial charge in [0.05, 0.1) is 6.61 Å². The first-order valence-electron chi connectivity index (χ1n) is 9.37. The van der Waals surface area contributed by atoms with Crippen LogP contribution in [0.1, 0.15) is 29.5 Å². The minimum absolute atomic E-state index is 0.577. The van der Waals surface area contributed by atoms with Crippen LogP contribution in [-0.4, -0.2) is 63.8 Å². The Morgan fingerprint density at radius 1 is 1.24 bits per heavy atom. The molecule has 140 valence electrons. The van der Waals surface area contributed by atoms with Gasteiger partial charge in [-0.15, -0.1) is 0 Å². The molecule has 0 saturated carbocycles. The first-order chi connectivity index (χ1) is 12.1. The lowest BCUT2D eigenvalue weighted by Crippen LogP contribution is -2.45. The van der Waals surface area contributed by atoms with E-state index in [9.17, 15) is 0 Å². The number of rotatable bonds is 8. The zero-order chi connectivity index (χ0) is 18.1. The third-order valence-corrected chi connectivity index (χ3v) is 4.80. The van der Waals surface area contributed by atoms with Crippen LogP contribution in [-0.2, 0) is 11.2 Å². The highest BCUT2D eigenvalue weighted by Gasteiger charge is 2.23. The van der Waals surface area contributed by atoms with Crippen LogP contribution in [0.4, 0.5) is 0 Å². The van der Waals surface area contributed by atoms with E-state index < -0.39 is 0 Å². The summed E-state index contributed by atoms with van der Waals surface area (Å²) in [6.07, 6.45) is 3.53. The molecule has 5 heteroatoms. The van der Waals surface area contributed by atoms with Gasteiger partial charge in [-0.1, -0.05) is 29.3 Å². The van der Waals surface area contributed by atoms with Gasteiger partial charge in [0.25, 0.3) is 0 Å². The summed E-state index contributed by atoms with van der Waals surface area (Å²) in [5, 5.41) is 6.92. The van der Waals surface area contributed by atoms with Gasteiger partial charge >= 0.3 is 0 Å². The topological polar surface area (TPSA) is 48.9 Å². The van der Waals surface area contributed by atoms with E-state index in [0.29, 0.717) is 6.04 Å². The van der Waals surface area contributed by atoms with Gasteiger partial charge in [0.2, 0.25) is 0 Å². The monoisotopic (exact) mass is 346 g/mol. The molecule has 0 aromatic heterocycles. The molecule has 2 rings (SSSR count). The van der Waals surface area contributed by atoms with Gasteiger partial charge in [-0.2, -0.15) is 0 Å². The maximum atomic E-state index is 5.21. The van der Waals surface area contributed by atoms with Crippen molar-refractivity contribution < 1.29 is 4.74 Å². The molecule has 1 aliphatic rings. The second kappa shape index (κ2) is 10.4. The van der Waals surface area contributed by atoms with Crippen molar-refractivity contribution in [1.29, 1.82) is 0 Å². The van der Waals surface area contributed by atoms with E-state index in [-0.39, 0.29) is 0 Å². The molecule has 2 N–H and O–H groups in total. The SMILES string of the molecule is CN=C(NCCc1cc(C)cc(C)c1)NCC1CCCN1CCOC. The molecule has 1 heterocycles. The van der Waals surface area contributed by atoms with E-state index in [4.69, 9.17) is 4.74 Å². The number of nitrogens with zero attached hydrogens (tertiary/aromatic N) is 2. The molecule has 1 aromatic rings. The van der Waals surface area contributed by atoms with E-state index in [2.05, 4.69) is 52.6 Å². The summed E-state index contributed by atoms with van der Waals surface area (Å²) in [5.41, 5.74) is 4.03. The van der Waals surface area contributed by atoms with Gasteiger partial charge in [0, 0.05) is 39.8 Å². The van der Waals surface area contributed by atoms with Gasteiger partial charge in [-0.05, 0) is 45.2 Å². The number of ether oxygens (including phenoxy) is 1. The molecule has 1 atom stereocenters. The van der Waals surface area contributed by atoms with E-state index >= 15 is 0 Å². The van der Waals surface area contributed by atoms with Crippen molar-refractivity contribution in [2.75, 3.05) is 46.9 Å². The third-order valence-electron chi connectivity index (χ3n) is 4.80. The fraction of sp³-hybridized carbons (Fsp3) is 0.650. The van der Waals surface area contributed by atoms with E-state index in [1.807, 2.05) is 7.05 Å². The van der Waals surface area contributed by atoms with Crippen LogP contribution in [0, 0.1) is 13.8 Å². The molecule has 0 radical (unpaired) electrons. The molecule has 25 heavy (non-hydrogen) atoms. The molecule has 0 bridgehead atoms. The van der Waals surface area contributed by atoms with Crippen LogP contribution in [0.5, 0.6) is 0 Å². The molecule has 0 spiro atoms. The quantitative estimate of drug-likeness (QED) is 0.559. The van der Waals surface area contributed by atoms with Crippen molar-refractivity contribution in [1.82, 2.24) is 15.5 Å². The summed E-state index contributed by atoms with van der Waals surface area (Å²) in [6.45, 7) is 9.13. The maximum absolute atomic E-state index is 5.21. The van der Waals surface area contributed by atoms with E-state index in [1.54, 1.807) is 7.11 Å². The van der Waals surface area contributed by atoms with Crippen LogP contribution >= 0.6 is 0 Å². The molecule has 1 aromatic carbocycles. The van der Waals surface area contributed by atoms with Crippen LogP contribution in [0.3, 0.4) is 0 Å². The Kier molecular flexibility index (Phi) is 8.22. The lowest BCUT2D eigenvalue weighted by atomic mass is 10.1. The highest BCUT2D eigenvalue weighted by molar-refractivity contribution is 5.79. The van der Waals surface area contributed by atoms with Crippen molar-refractivity contribution in [3.8, 4) is 0 Å². The second-order valence-electron chi connectivity index (χ2n) is 6.95. The smallest absolute Gasteiger partial charge is 0.191 e. The normalized spacial score (nSPS) is 18.6. The molecule has 0 aliphatic carbocycles. The highest BCUT2D eigenvalue weighted by Crippen LogP contribution is 2.15. The summed E-state index contributed by atoms with van der Waals surface area (Å²) < 4.78 is 5.21. The number of guanidine groups is 1.